The van der Waals surface area contributed by atoms with Crippen molar-refractivity contribution in [2.24, 2.45) is 0 Å². The van der Waals surface area contributed by atoms with Crippen molar-refractivity contribution in [3.8, 4) is 0 Å². The van der Waals surface area contributed by atoms with Crippen LogP contribution >= 0.6 is 0 Å². The molecule has 0 spiro atoms. The molecule has 1 N–H and O–H groups in total. The van der Waals surface area contributed by atoms with E-state index in [2.05, 4.69) is 23.2 Å². The Morgan fingerprint density at radius 2 is 1.59 bits per heavy atom. The van der Waals surface area contributed by atoms with Crippen LogP contribution in [0.4, 0.5) is 0 Å². The van der Waals surface area contributed by atoms with Crippen LogP contribution in [0.3, 0.4) is 0 Å². The smallest absolute Gasteiger partial charge is 0.333 e. The molecule has 98 valence electrons. The largest absolute Gasteiger partial charge is 0.466 e. The van der Waals surface area contributed by atoms with Crippen molar-refractivity contribution in [1.82, 2.24) is 5.32 Å². The summed E-state index contributed by atoms with van der Waals surface area (Å²) in [5.74, 6) is -0.671. The molecule has 0 aliphatic heterocycles. The van der Waals surface area contributed by atoms with Crippen molar-refractivity contribution >= 4 is 11.9 Å². The highest BCUT2D eigenvalue weighted by Gasteiger charge is 2.00. The molecule has 0 saturated carbocycles. The number of hydrogen-bond donors (Lipinski definition) is 1. The average molecular weight is 243 g/mol. The van der Waals surface area contributed by atoms with Crippen LogP contribution in [0.2, 0.25) is 0 Å². The second-order valence-electron chi connectivity index (χ2n) is 3.29. The van der Waals surface area contributed by atoms with Gasteiger partial charge in [0.05, 0.1) is 7.11 Å². The third kappa shape index (κ3) is 12.3. The van der Waals surface area contributed by atoms with Crippen molar-refractivity contribution in [3.63, 3.8) is 0 Å². The molecule has 0 aromatic rings. The first-order valence-electron chi connectivity index (χ1n) is 5.07. The van der Waals surface area contributed by atoms with E-state index in [-0.39, 0.29) is 11.9 Å². The van der Waals surface area contributed by atoms with E-state index < -0.39 is 0 Å². The maximum Gasteiger partial charge on any atom is 0.333 e. The minimum atomic E-state index is -0.347. The number of methoxy groups -OCH3 is 1. The number of ether oxygens (including phenoxy) is 2. The Morgan fingerprint density at radius 3 is 1.82 bits per heavy atom. The Morgan fingerprint density at radius 1 is 1.12 bits per heavy atom. The molecule has 0 aromatic heterocycles. The molecule has 0 heterocycles. The summed E-state index contributed by atoms with van der Waals surface area (Å²) in [6.45, 7) is 11.1. The maximum atomic E-state index is 10.7. The third-order valence-electron chi connectivity index (χ3n) is 1.47. The van der Waals surface area contributed by atoms with E-state index in [4.69, 9.17) is 4.74 Å². The lowest BCUT2D eigenvalue weighted by Gasteiger charge is -2.01. The van der Waals surface area contributed by atoms with Gasteiger partial charge in [-0.2, -0.15) is 0 Å². The summed E-state index contributed by atoms with van der Waals surface area (Å²) in [5, 5.41) is 2.86. The Bertz CT molecular complexity index is 284. The first-order valence-corrected chi connectivity index (χ1v) is 5.07. The van der Waals surface area contributed by atoms with Crippen LogP contribution in [0.5, 0.6) is 0 Å². The van der Waals surface area contributed by atoms with Crippen molar-refractivity contribution in [2.45, 2.75) is 13.8 Å². The van der Waals surface area contributed by atoms with Crippen molar-refractivity contribution < 1.29 is 19.1 Å². The summed E-state index contributed by atoms with van der Waals surface area (Å²) in [5.41, 5.74) is 0.874. The number of esters is 2. The van der Waals surface area contributed by atoms with Gasteiger partial charge in [0.1, 0.15) is 6.61 Å². The fourth-order valence-corrected chi connectivity index (χ4v) is 0.543. The quantitative estimate of drug-likeness (QED) is 0.444. The van der Waals surface area contributed by atoms with E-state index in [1.807, 2.05) is 0 Å². The molecule has 5 heteroatoms. The highest BCUT2D eigenvalue weighted by molar-refractivity contribution is 5.87. The Kier molecular flexibility index (Phi) is 11.4. The third-order valence-corrected chi connectivity index (χ3v) is 1.47. The van der Waals surface area contributed by atoms with Crippen molar-refractivity contribution in [3.05, 3.63) is 24.3 Å². The maximum absolute atomic E-state index is 10.7. The van der Waals surface area contributed by atoms with Gasteiger partial charge < -0.3 is 14.8 Å². The molecule has 17 heavy (non-hydrogen) atoms. The number of carbonyl (C=O) groups excluding carboxylic acids is 2. The van der Waals surface area contributed by atoms with E-state index in [1.54, 1.807) is 20.9 Å². The fraction of sp³-hybridized carbons (Fsp3) is 0.500. The Balaban J connectivity index is 0. The Labute approximate surface area is 102 Å². The molecule has 0 fully saturated rings. The molecule has 0 saturated heterocycles. The molecule has 0 rings (SSSR count). The van der Waals surface area contributed by atoms with Gasteiger partial charge in [0.25, 0.3) is 0 Å². The van der Waals surface area contributed by atoms with E-state index in [0.29, 0.717) is 24.3 Å². The monoisotopic (exact) mass is 243 g/mol. The van der Waals surface area contributed by atoms with Gasteiger partial charge in [-0.05, 0) is 20.9 Å². The lowest BCUT2D eigenvalue weighted by Crippen LogP contribution is -2.17. The molecule has 0 aromatic carbocycles. The number of rotatable bonds is 5. The standard InChI is InChI=1S/C7H13NO2.C5H8O2/c1-6(2)7(9)10-5-4-8-3;1-4(2)5(6)7-3/h8H,1,4-5H2,2-3H3;1H2,2-3H3. The fourth-order valence-electron chi connectivity index (χ4n) is 0.543. The molecular weight excluding hydrogens is 222 g/mol. The van der Waals surface area contributed by atoms with E-state index >= 15 is 0 Å². The summed E-state index contributed by atoms with van der Waals surface area (Å²) < 4.78 is 9.02. The highest BCUT2D eigenvalue weighted by Crippen LogP contribution is 1.90. The highest BCUT2D eigenvalue weighted by atomic mass is 16.5. The van der Waals surface area contributed by atoms with Gasteiger partial charge in [-0.3, -0.25) is 0 Å². The van der Waals surface area contributed by atoms with Crippen molar-refractivity contribution in [2.75, 3.05) is 27.3 Å². The minimum absolute atomic E-state index is 0.324. The van der Waals surface area contributed by atoms with Gasteiger partial charge in [-0.1, -0.05) is 13.2 Å². The molecule has 0 aliphatic carbocycles. The van der Waals surface area contributed by atoms with Crippen LogP contribution in [0.25, 0.3) is 0 Å². The van der Waals surface area contributed by atoms with Crippen LogP contribution in [-0.2, 0) is 19.1 Å². The number of hydrogen-bond acceptors (Lipinski definition) is 5. The zero-order chi connectivity index (χ0) is 13.8. The SMILES string of the molecule is C=C(C)C(=O)OC.C=C(C)C(=O)OCCNC. The molecule has 0 amide bonds. The zero-order valence-electron chi connectivity index (χ0n) is 11.0. The predicted molar refractivity (Wildman–Crippen MR) is 66.5 cm³/mol. The van der Waals surface area contributed by atoms with Crippen LogP contribution < -0.4 is 5.32 Å². The van der Waals surface area contributed by atoms with E-state index in [0.717, 1.165) is 0 Å². The molecular formula is C12H21NO4. The van der Waals surface area contributed by atoms with Gasteiger partial charge in [0, 0.05) is 17.7 Å². The second-order valence-corrected chi connectivity index (χ2v) is 3.29. The summed E-state index contributed by atoms with van der Waals surface area (Å²) in [4.78, 5) is 20.9. The van der Waals surface area contributed by atoms with Gasteiger partial charge in [0.2, 0.25) is 0 Å². The number of carbonyl (C=O) groups is 2. The molecule has 5 nitrogen and oxygen atoms in total. The summed E-state index contributed by atoms with van der Waals surface area (Å²) >= 11 is 0. The molecule has 0 unspecified atom stereocenters. The van der Waals surface area contributed by atoms with Crippen LogP contribution in [-0.4, -0.2) is 39.2 Å². The first-order chi connectivity index (χ1) is 7.86. The zero-order valence-corrected chi connectivity index (χ0v) is 11.0. The predicted octanol–water partition coefficient (Wildman–Crippen LogP) is 1.06. The van der Waals surface area contributed by atoms with Gasteiger partial charge in [-0.25, -0.2) is 9.59 Å². The Hall–Kier alpha value is -1.62. The van der Waals surface area contributed by atoms with E-state index in [1.165, 1.54) is 7.11 Å². The first kappa shape index (κ1) is 17.8. The summed E-state index contributed by atoms with van der Waals surface area (Å²) in [7, 11) is 3.13. The molecule has 0 aliphatic rings. The minimum Gasteiger partial charge on any atom is -0.466 e. The molecule has 0 radical (unpaired) electrons. The number of nitrogens with one attached hydrogen (secondary N) is 1. The van der Waals surface area contributed by atoms with Crippen LogP contribution in [0.15, 0.2) is 24.3 Å². The second kappa shape index (κ2) is 10.9. The summed E-state index contributed by atoms with van der Waals surface area (Å²) in [6.07, 6.45) is 0. The van der Waals surface area contributed by atoms with Crippen LogP contribution in [0.1, 0.15) is 13.8 Å². The molecule has 0 atom stereocenters. The lowest BCUT2D eigenvalue weighted by molar-refractivity contribution is -0.139. The number of likely N-dealkylation sites (N-methyl/N-ethyl adjacent to an activating group) is 1. The van der Waals surface area contributed by atoms with Gasteiger partial charge in [-0.15, -0.1) is 0 Å². The lowest BCUT2D eigenvalue weighted by atomic mass is 10.4. The molecule has 0 bridgehead atoms. The normalized spacial score (nSPS) is 8.47. The van der Waals surface area contributed by atoms with E-state index in [9.17, 15) is 9.59 Å². The van der Waals surface area contributed by atoms with Gasteiger partial charge >= 0.3 is 11.9 Å². The topological polar surface area (TPSA) is 64.6 Å². The summed E-state index contributed by atoms with van der Waals surface area (Å²) in [6, 6.07) is 0. The van der Waals surface area contributed by atoms with Crippen molar-refractivity contribution in [1.29, 1.82) is 0 Å². The van der Waals surface area contributed by atoms with Crippen LogP contribution in [0, 0.1) is 0 Å². The average Bonchev–Trinajstić information content (AvgIpc) is 2.28. The van der Waals surface area contributed by atoms with Gasteiger partial charge in [0.15, 0.2) is 0 Å².